The van der Waals surface area contributed by atoms with Crippen molar-refractivity contribution in [1.29, 1.82) is 0 Å². The molecule has 0 fully saturated rings. The average molecular weight is 369 g/mol. The van der Waals surface area contributed by atoms with E-state index < -0.39 is 0 Å². The number of hydrogen-bond donors (Lipinski definition) is 1. The van der Waals surface area contributed by atoms with E-state index in [9.17, 15) is 4.79 Å². The number of anilines is 1. The Hall–Kier alpha value is -2.67. The maximum Gasteiger partial charge on any atom is 0.259 e. The highest BCUT2D eigenvalue weighted by Gasteiger charge is 2.23. The molecule has 1 amide bonds. The summed E-state index contributed by atoms with van der Waals surface area (Å²) in [6, 6.07) is 5.79. The van der Waals surface area contributed by atoms with E-state index in [1.54, 1.807) is 13.3 Å². The summed E-state index contributed by atoms with van der Waals surface area (Å²) in [5, 5.41) is 12.8. The highest BCUT2D eigenvalue weighted by Crippen LogP contribution is 2.23. The van der Waals surface area contributed by atoms with E-state index in [2.05, 4.69) is 36.3 Å². The number of methoxy groups -OCH3 is 1. The first-order valence-electron chi connectivity index (χ1n) is 9.18. The summed E-state index contributed by atoms with van der Waals surface area (Å²) in [5.74, 6) is -0.148. The molecule has 0 aliphatic rings. The second-order valence-corrected chi connectivity index (χ2v) is 7.53. The lowest BCUT2D eigenvalue weighted by molar-refractivity contribution is 0.102. The highest BCUT2D eigenvalue weighted by atomic mass is 16.5. The van der Waals surface area contributed by atoms with Crippen LogP contribution < -0.4 is 5.32 Å². The molecule has 0 saturated carbocycles. The van der Waals surface area contributed by atoms with Gasteiger partial charge in [-0.05, 0) is 45.4 Å². The van der Waals surface area contributed by atoms with Gasteiger partial charge in [0.05, 0.1) is 47.9 Å². The Kier molecular flexibility index (Phi) is 5.32. The summed E-state index contributed by atoms with van der Waals surface area (Å²) >= 11 is 0. The van der Waals surface area contributed by atoms with E-state index >= 15 is 0 Å². The third-order valence-electron chi connectivity index (χ3n) is 4.49. The number of hydrogen-bond acceptors (Lipinski definition) is 4. The predicted molar refractivity (Wildman–Crippen MR) is 106 cm³/mol. The topological polar surface area (TPSA) is 74.0 Å². The van der Waals surface area contributed by atoms with Gasteiger partial charge in [0.2, 0.25) is 0 Å². The fourth-order valence-electron chi connectivity index (χ4n) is 3.18. The number of aromatic nitrogens is 4. The third-order valence-corrected chi connectivity index (χ3v) is 4.49. The largest absolute Gasteiger partial charge is 0.383 e. The lowest BCUT2D eigenvalue weighted by Gasteiger charge is -2.22. The van der Waals surface area contributed by atoms with Gasteiger partial charge in [0.15, 0.2) is 0 Å². The van der Waals surface area contributed by atoms with Crippen LogP contribution in [0.2, 0.25) is 0 Å². The molecule has 7 heteroatoms. The zero-order valence-electron chi connectivity index (χ0n) is 16.6. The van der Waals surface area contributed by atoms with Gasteiger partial charge in [-0.15, -0.1) is 0 Å². The fraction of sp³-hybridized carbons (Fsp3) is 0.450. The zero-order chi connectivity index (χ0) is 19.6. The van der Waals surface area contributed by atoms with Crippen molar-refractivity contribution in [2.75, 3.05) is 19.0 Å². The van der Waals surface area contributed by atoms with Crippen LogP contribution >= 0.6 is 0 Å². The predicted octanol–water partition coefficient (Wildman–Crippen LogP) is 3.45. The number of carbonyl (C=O) groups is 1. The number of fused-ring (bicyclic) bond motifs is 1. The summed E-state index contributed by atoms with van der Waals surface area (Å²) in [6.45, 7) is 9.52. The van der Waals surface area contributed by atoms with Gasteiger partial charge in [-0.25, -0.2) is 0 Å². The molecule has 0 bridgehead atoms. The molecule has 144 valence electrons. The standard InChI is InChI=1S/C20H27N5O2/c1-6-17-16(13-22-25(17)20(2,3)4)19(26)23-15-8-7-14-12-21-24(9-10-27-5)18(14)11-15/h7-8,11-13H,6,9-10H2,1-5H3,(H,23,26). The van der Waals surface area contributed by atoms with Crippen molar-refractivity contribution < 1.29 is 9.53 Å². The Morgan fingerprint density at radius 3 is 2.67 bits per heavy atom. The Bertz CT molecular complexity index is 949. The van der Waals surface area contributed by atoms with Crippen LogP contribution in [0, 0.1) is 0 Å². The second-order valence-electron chi connectivity index (χ2n) is 7.53. The van der Waals surface area contributed by atoms with Crippen LogP contribution in [0.1, 0.15) is 43.7 Å². The van der Waals surface area contributed by atoms with Crippen LogP contribution in [-0.4, -0.2) is 39.2 Å². The molecule has 0 aliphatic heterocycles. The van der Waals surface area contributed by atoms with E-state index in [0.29, 0.717) is 18.7 Å². The van der Waals surface area contributed by atoms with Gasteiger partial charge in [-0.3, -0.25) is 14.2 Å². The van der Waals surface area contributed by atoms with Crippen molar-refractivity contribution in [3.8, 4) is 0 Å². The summed E-state index contributed by atoms with van der Waals surface area (Å²) in [7, 11) is 1.67. The number of rotatable bonds is 6. The van der Waals surface area contributed by atoms with E-state index in [4.69, 9.17) is 4.74 Å². The molecule has 2 aromatic heterocycles. The quantitative estimate of drug-likeness (QED) is 0.722. The molecule has 1 aromatic carbocycles. The minimum absolute atomic E-state index is 0.148. The normalized spacial score (nSPS) is 11.9. The Morgan fingerprint density at radius 2 is 2.00 bits per heavy atom. The number of amides is 1. The Balaban J connectivity index is 1.87. The lowest BCUT2D eigenvalue weighted by Crippen LogP contribution is -2.26. The highest BCUT2D eigenvalue weighted by molar-refractivity contribution is 6.05. The summed E-state index contributed by atoms with van der Waals surface area (Å²) < 4.78 is 8.93. The molecule has 0 spiro atoms. The molecule has 27 heavy (non-hydrogen) atoms. The van der Waals surface area contributed by atoms with E-state index in [-0.39, 0.29) is 11.4 Å². The van der Waals surface area contributed by atoms with Crippen molar-refractivity contribution in [2.45, 2.75) is 46.2 Å². The van der Waals surface area contributed by atoms with Crippen LogP contribution in [-0.2, 0) is 23.2 Å². The van der Waals surface area contributed by atoms with Gasteiger partial charge in [0.25, 0.3) is 5.91 Å². The molecule has 3 aromatic rings. The molecule has 0 atom stereocenters. The summed E-state index contributed by atoms with van der Waals surface area (Å²) in [5.41, 5.74) is 3.08. The Morgan fingerprint density at radius 1 is 1.22 bits per heavy atom. The van der Waals surface area contributed by atoms with Gasteiger partial charge in [0, 0.05) is 18.2 Å². The van der Waals surface area contributed by atoms with Gasteiger partial charge in [0.1, 0.15) is 0 Å². The molecule has 0 radical (unpaired) electrons. The third kappa shape index (κ3) is 3.88. The van der Waals surface area contributed by atoms with Crippen molar-refractivity contribution >= 4 is 22.5 Å². The first-order chi connectivity index (χ1) is 12.8. The molecule has 3 rings (SSSR count). The Labute approximate surface area is 159 Å². The minimum atomic E-state index is -0.170. The second kappa shape index (κ2) is 7.52. The smallest absolute Gasteiger partial charge is 0.259 e. The van der Waals surface area contributed by atoms with Crippen LogP contribution in [0.25, 0.3) is 10.9 Å². The number of carbonyl (C=O) groups excluding carboxylic acids is 1. The van der Waals surface area contributed by atoms with Gasteiger partial charge < -0.3 is 10.1 Å². The first-order valence-corrected chi connectivity index (χ1v) is 9.18. The molecule has 7 nitrogen and oxygen atoms in total. The van der Waals surface area contributed by atoms with Crippen LogP contribution in [0.5, 0.6) is 0 Å². The minimum Gasteiger partial charge on any atom is -0.383 e. The van der Waals surface area contributed by atoms with Gasteiger partial charge in [-0.2, -0.15) is 10.2 Å². The van der Waals surface area contributed by atoms with Crippen molar-refractivity contribution in [3.05, 3.63) is 41.9 Å². The van der Waals surface area contributed by atoms with Crippen LogP contribution in [0.15, 0.2) is 30.6 Å². The van der Waals surface area contributed by atoms with Gasteiger partial charge >= 0.3 is 0 Å². The molecule has 0 unspecified atom stereocenters. The van der Waals surface area contributed by atoms with Crippen molar-refractivity contribution in [2.24, 2.45) is 0 Å². The number of benzene rings is 1. The van der Waals surface area contributed by atoms with Gasteiger partial charge in [-0.1, -0.05) is 6.92 Å². The van der Waals surface area contributed by atoms with Crippen LogP contribution in [0.4, 0.5) is 5.69 Å². The molecular weight excluding hydrogens is 342 g/mol. The number of nitrogens with one attached hydrogen (secondary N) is 1. The fourth-order valence-corrected chi connectivity index (χ4v) is 3.18. The molecule has 0 saturated heterocycles. The zero-order valence-corrected chi connectivity index (χ0v) is 16.6. The van der Waals surface area contributed by atoms with Crippen molar-refractivity contribution in [1.82, 2.24) is 19.6 Å². The monoisotopic (exact) mass is 369 g/mol. The summed E-state index contributed by atoms with van der Waals surface area (Å²) in [4.78, 5) is 12.9. The first kappa shape index (κ1) is 19.1. The summed E-state index contributed by atoms with van der Waals surface area (Å²) in [6.07, 6.45) is 4.21. The van der Waals surface area contributed by atoms with E-state index in [1.165, 1.54) is 0 Å². The number of nitrogens with zero attached hydrogens (tertiary/aromatic N) is 4. The molecule has 2 heterocycles. The maximum atomic E-state index is 12.9. The lowest BCUT2D eigenvalue weighted by atomic mass is 10.1. The molecule has 0 aliphatic carbocycles. The average Bonchev–Trinajstić information content (AvgIpc) is 3.23. The molecule has 1 N–H and O–H groups in total. The van der Waals surface area contributed by atoms with E-state index in [0.717, 1.165) is 28.7 Å². The molecular formula is C20H27N5O2. The van der Waals surface area contributed by atoms with Crippen LogP contribution in [0.3, 0.4) is 0 Å². The SMILES string of the molecule is CCc1c(C(=O)Nc2ccc3cnn(CCOC)c3c2)cnn1C(C)(C)C. The maximum absolute atomic E-state index is 12.9. The van der Waals surface area contributed by atoms with Crippen molar-refractivity contribution in [3.63, 3.8) is 0 Å². The number of ether oxygens (including phenoxy) is 1. The van der Waals surface area contributed by atoms with E-state index in [1.807, 2.05) is 40.7 Å².